The summed E-state index contributed by atoms with van der Waals surface area (Å²) in [5.41, 5.74) is 3.26. The molecule has 5 nitrogen and oxygen atoms in total. The van der Waals surface area contributed by atoms with Crippen molar-refractivity contribution >= 4 is 11.0 Å². The minimum absolute atomic E-state index is 0.793. The van der Waals surface area contributed by atoms with Gasteiger partial charge in [-0.25, -0.2) is 4.98 Å². The molecule has 0 unspecified atom stereocenters. The maximum Gasteiger partial charge on any atom is 0.157 e. The lowest BCUT2D eigenvalue weighted by Crippen LogP contribution is -2.26. The van der Waals surface area contributed by atoms with Crippen LogP contribution in [0.25, 0.3) is 11.0 Å². The molecule has 1 N–H and O–H groups in total. The zero-order valence-electron chi connectivity index (χ0n) is 13.3. The minimum Gasteiger partial charge on any atom is -0.312 e. The van der Waals surface area contributed by atoms with E-state index in [1.54, 1.807) is 0 Å². The summed E-state index contributed by atoms with van der Waals surface area (Å²) < 4.78 is 1.85. The van der Waals surface area contributed by atoms with Crippen molar-refractivity contribution in [2.45, 2.75) is 26.8 Å². The van der Waals surface area contributed by atoms with Gasteiger partial charge in [0.2, 0.25) is 0 Å². The molecule has 1 atom stereocenters. The summed E-state index contributed by atoms with van der Waals surface area (Å²) in [6, 6.07) is 2.21. The standard InChI is InChI=1S/C16H25N5/c1-4-21-6-5-13(11-21)8-17-9-14-7-15-12(2)19-20(3)16(15)18-10-14/h7,10,13,17H,4-6,8-9,11H2,1-3H3/t13-/m1/s1. The molecule has 3 heterocycles. The Balaban J connectivity index is 1.57. The van der Waals surface area contributed by atoms with Crippen LogP contribution in [0, 0.1) is 12.8 Å². The molecule has 0 aliphatic carbocycles. The second-order valence-electron chi connectivity index (χ2n) is 6.10. The van der Waals surface area contributed by atoms with Gasteiger partial charge in [0.05, 0.1) is 5.69 Å². The van der Waals surface area contributed by atoms with E-state index in [1.165, 1.54) is 31.6 Å². The number of fused-ring (bicyclic) bond motifs is 1. The smallest absolute Gasteiger partial charge is 0.157 e. The lowest BCUT2D eigenvalue weighted by Gasteiger charge is -2.13. The fourth-order valence-corrected chi connectivity index (χ4v) is 3.24. The Hall–Kier alpha value is -1.46. The summed E-state index contributed by atoms with van der Waals surface area (Å²) in [6.07, 6.45) is 3.28. The molecule has 0 radical (unpaired) electrons. The second kappa shape index (κ2) is 6.12. The number of aryl methyl sites for hydroxylation is 2. The molecule has 1 saturated heterocycles. The number of hydrogen-bond donors (Lipinski definition) is 1. The predicted molar refractivity (Wildman–Crippen MR) is 85.2 cm³/mol. The van der Waals surface area contributed by atoms with E-state index in [1.807, 2.05) is 24.9 Å². The van der Waals surface area contributed by atoms with Crippen molar-refractivity contribution in [2.24, 2.45) is 13.0 Å². The molecule has 0 aromatic carbocycles. The van der Waals surface area contributed by atoms with Crippen molar-refractivity contribution in [3.63, 3.8) is 0 Å². The molecule has 1 fully saturated rings. The number of hydrogen-bond acceptors (Lipinski definition) is 4. The molecule has 0 bridgehead atoms. The van der Waals surface area contributed by atoms with Crippen molar-refractivity contribution in [2.75, 3.05) is 26.2 Å². The summed E-state index contributed by atoms with van der Waals surface area (Å²) in [5.74, 6) is 0.793. The fourth-order valence-electron chi connectivity index (χ4n) is 3.24. The highest BCUT2D eigenvalue weighted by atomic mass is 15.3. The number of aromatic nitrogens is 3. The molecule has 0 spiro atoms. The van der Waals surface area contributed by atoms with Crippen LogP contribution in [-0.4, -0.2) is 45.8 Å². The number of pyridine rings is 1. The Kier molecular flexibility index (Phi) is 4.22. The molecule has 2 aromatic rings. The first-order valence-electron chi connectivity index (χ1n) is 7.88. The van der Waals surface area contributed by atoms with Crippen LogP contribution in [0.4, 0.5) is 0 Å². The SMILES string of the molecule is CCN1CC[C@H](CNCc2cnc3c(c2)c(C)nn3C)C1. The van der Waals surface area contributed by atoms with Crippen LogP contribution in [-0.2, 0) is 13.6 Å². The molecule has 0 amide bonds. The molecular formula is C16H25N5. The quantitative estimate of drug-likeness (QED) is 0.909. The molecular weight excluding hydrogens is 262 g/mol. The van der Waals surface area contributed by atoms with Crippen LogP contribution in [0.2, 0.25) is 0 Å². The van der Waals surface area contributed by atoms with Crippen molar-refractivity contribution in [3.05, 3.63) is 23.5 Å². The molecule has 1 aliphatic heterocycles. The second-order valence-corrected chi connectivity index (χ2v) is 6.10. The Morgan fingerprint density at radius 1 is 1.43 bits per heavy atom. The molecule has 3 rings (SSSR count). The van der Waals surface area contributed by atoms with Gasteiger partial charge in [0, 0.05) is 31.7 Å². The molecule has 114 valence electrons. The highest BCUT2D eigenvalue weighted by molar-refractivity contribution is 5.78. The van der Waals surface area contributed by atoms with Gasteiger partial charge in [-0.15, -0.1) is 0 Å². The fraction of sp³-hybridized carbons (Fsp3) is 0.625. The first-order chi connectivity index (χ1) is 10.2. The third kappa shape index (κ3) is 3.09. The van der Waals surface area contributed by atoms with Crippen LogP contribution in [0.15, 0.2) is 12.3 Å². The van der Waals surface area contributed by atoms with E-state index >= 15 is 0 Å². The van der Waals surface area contributed by atoms with Gasteiger partial charge in [-0.1, -0.05) is 6.92 Å². The minimum atomic E-state index is 0.793. The van der Waals surface area contributed by atoms with Crippen LogP contribution in [0.1, 0.15) is 24.6 Å². The topological polar surface area (TPSA) is 46.0 Å². The lowest BCUT2D eigenvalue weighted by atomic mass is 10.1. The molecule has 0 saturated carbocycles. The van der Waals surface area contributed by atoms with Crippen molar-refractivity contribution in [3.8, 4) is 0 Å². The maximum atomic E-state index is 4.53. The summed E-state index contributed by atoms with van der Waals surface area (Å²) in [4.78, 5) is 7.06. The van der Waals surface area contributed by atoms with Gasteiger partial charge in [0.15, 0.2) is 5.65 Å². The van der Waals surface area contributed by atoms with Gasteiger partial charge in [-0.2, -0.15) is 5.10 Å². The number of rotatable bonds is 5. The normalized spacial score (nSPS) is 19.7. The van der Waals surface area contributed by atoms with Crippen molar-refractivity contribution < 1.29 is 0 Å². The van der Waals surface area contributed by atoms with Crippen LogP contribution in [0.5, 0.6) is 0 Å². The number of nitrogens with one attached hydrogen (secondary N) is 1. The zero-order valence-corrected chi connectivity index (χ0v) is 13.3. The summed E-state index contributed by atoms with van der Waals surface area (Å²) in [5, 5.41) is 9.17. The maximum absolute atomic E-state index is 4.53. The average molecular weight is 287 g/mol. The van der Waals surface area contributed by atoms with Crippen molar-refractivity contribution in [1.82, 2.24) is 25.0 Å². The van der Waals surface area contributed by atoms with Gasteiger partial charge in [-0.05, 0) is 50.5 Å². The predicted octanol–water partition coefficient (Wildman–Crippen LogP) is 1.71. The highest BCUT2D eigenvalue weighted by Crippen LogP contribution is 2.17. The number of nitrogens with zero attached hydrogens (tertiary/aromatic N) is 4. The summed E-state index contributed by atoms with van der Waals surface area (Å²) >= 11 is 0. The third-order valence-corrected chi connectivity index (χ3v) is 4.50. The van der Waals surface area contributed by atoms with E-state index in [0.717, 1.165) is 35.7 Å². The van der Waals surface area contributed by atoms with E-state index in [9.17, 15) is 0 Å². The van der Waals surface area contributed by atoms with Crippen molar-refractivity contribution in [1.29, 1.82) is 0 Å². The summed E-state index contributed by atoms with van der Waals surface area (Å²) in [6.45, 7) is 9.94. The Morgan fingerprint density at radius 2 is 2.29 bits per heavy atom. The van der Waals surface area contributed by atoms with E-state index < -0.39 is 0 Å². The Bertz CT molecular complexity index is 618. The van der Waals surface area contributed by atoms with Gasteiger partial charge in [0.1, 0.15) is 0 Å². The van der Waals surface area contributed by atoms with Gasteiger partial charge < -0.3 is 10.2 Å². The van der Waals surface area contributed by atoms with Gasteiger partial charge in [0.25, 0.3) is 0 Å². The van der Waals surface area contributed by atoms with Crippen LogP contribution < -0.4 is 5.32 Å². The monoisotopic (exact) mass is 287 g/mol. The van der Waals surface area contributed by atoms with Gasteiger partial charge in [-0.3, -0.25) is 4.68 Å². The molecule has 21 heavy (non-hydrogen) atoms. The van der Waals surface area contributed by atoms with E-state index in [0.29, 0.717) is 0 Å². The van der Waals surface area contributed by atoms with E-state index in [4.69, 9.17) is 0 Å². The summed E-state index contributed by atoms with van der Waals surface area (Å²) in [7, 11) is 1.94. The Morgan fingerprint density at radius 3 is 3.05 bits per heavy atom. The van der Waals surface area contributed by atoms with Gasteiger partial charge >= 0.3 is 0 Å². The van der Waals surface area contributed by atoms with E-state index in [2.05, 4.69) is 33.3 Å². The molecule has 2 aromatic heterocycles. The van der Waals surface area contributed by atoms with Crippen LogP contribution in [0.3, 0.4) is 0 Å². The molecule has 5 heteroatoms. The number of likely N-dealkylation sites (tertiary alicyclic amines) is 1. The zero-order chi connectivity index (χ0) is 14.8. The largest absolute Gasteiger partial charge is 0.312 e. The lowest BCUT2D eigenvalue weighted by molar-refractivity contribution is 0.339. The Labute approximate surface area is 126 Å². The van der Waals surface area contributed by atoms with Crippen LogP contribution >= 0.6 is 0 Å². The van der Waals surface area contributed by atoms with E-state index in [-0.39, 0.29) is 0 Å². The average Bonchev–Trinajstić information content (AvgIpc) is 3.05. The highest BCUT2D eigenvalue weighted by Gasteiger charge is 2.20. The first-order valence-corrected chi connectivity index (χ1v) is 7.88. The first kappa shape index (κ1) is 14.5. The third-order valence-electron chi connectivity index (χ3n) is 4.50. The molecule has 1 aliphatic rings.